The Labute approximate surface area is 115 Å². The van der Waals surface area contributed by atoms with Crippen LogP contribution in [-0.4, -0.2) is 11.5 Å². The number of aromatic nitrogens is 1. The van der Waals surface area contributed by atoms with Crippen molar-refractivity contribution >= 4 is 0 Å². The summed E-state index contributed by atoms with van der Waals surface area (Å²) < 4.78 is 5.91. The van der Waals surface area contributed by atoms with Crippen LogP contribution >= 0.6 is 0 Å². The Bertz CT molecular complexity index is 492. The van der Waals surface area contributed by atoms with Gasteiger partial charge in [-0.3, -0.25) is 4.98 Å². The van der Waals surface area contributed by atoms with Crippen LogP contribution in [0.25, 0.3) is 0 Å². The highest BCUT2D eigenvalue weighted by Gasteiger charge is 2.22. The summed E-state index contributed by atoms with van der Waals surface area (Å²) >= 11 is 0. The molecule has 0 spiro atoms. The fraction of sp³-hybridized carbons (Fsp3) is 0.438. The van der Waals surface area contributed by atoms with Crippen LogP contribution < -0.4 is 5.32 Å². The number of nitrogens with one attached hydrogen (secondary N) is 1. The minimum atomic E-state index is 0.202. The van der Waals surface area contributed by atoms with Crippen LogP contribution in [0.4, 0.5) is 0 Å². The van der Waals surface area contributed by atoms with Crippen molar-refractivity contribution in [2.24, 2.45) is 0 Å². The molecule has 2 atom stereocenters. The second kappa shape index (κ2) is 6.53. The highest BCUT2D eigenvalue weighted by Crippen LogP contribution is 2.31. The minimum Gasteiger partial charge on any atom is -0.464 e. The predicted molar refractivity (Wildman–Crippen MR) is 77.2 cm³/mol. The molecule has 19 heavy (non-hydrogen) atoms. The Hall–Kier alpha value is -1.61. The van der Waals surface area contributed by atoms with E-state index in [4.69, 9.17) is 4.42 Å². The number of furan rings is 1. The van der Waals surface area contributed by atoms with E-state index in [9.17, 15) is 0 Å². The van der Waals surface area contributed by atoms with Crippen LogP contribution in [0.15, 0.2) is 41.1 Å². The van der Waals surface area contributed by atoms with Crippen molar-refractivity contribution in [3.63, 3.8) is 0 Å². The summed E-state index contributed by atoms with van der Waals surface area (Å²) in [6.07, 6.45) is 4.62. The molecular weight excluding hydrogens is 236 g/mol. The molecule has 0 aromatic carbocycles. The van der Waals surface area contributed by atoms with Crippen LogP contribution in [-0.2, 0) is 6.42 Å². The molecule has 2 unspecified atom stereocenters. The molecule has 0 amide bonds. The number of hydrogen-bond donors (Lipinski definition) is 1. The van der Waals surface area contributed by atoms with Crippen molar-refractivity contribution in [2.75, 3.05) is 6.54 Å². The van der Waals surface area contributed by atoms with Gasteiger partial charge >= 0.3 is 0 Å². The Balaban J connectivity index is 2.24. The van der Waals surface area contributed by atoms with Crippen LogP contribution in [0.2, 0.25) is 0 Å². The maximum atomic E-state index is 5.91. The lowest BCUT2D eigenvalue weighted by molar-refractivity contribution is 0.367. The van der Waals surface area contributed by atoms with Gasteiger partial charge in [-0.2, -0.15) is 0 Å². The maximum Gasteiger partial charge on any atom is 0.121 e. The van der Waals surface area contributed by atoms with Crippen LogP contribution in [0, 0.1) is 0 Å². The zero-order valence-electron chi connectivity index (χ0n) is 11.9. The predicted octanol–water partition coefficient (Wildman–Crippen LogP) is 3.69. The quantitative estimate of drug-likeness (QED) is 0.858. The molecule has 2 rings (SSSR count). The van der Waals surface area contributed by atoms with Crippen molar-refractivity contribution in [3.05, 3.63) is 53.7 Å². The topological polar surface area (TPSA) is 38.1 Å². The van der Waals surface area contributed by atoms with Crippen molar-refractivity contribution in [1.29, 1.82) is 0 Å². The van der Waals surface area contributed by atoms with Gasteiger partial charge in [0.05, 0.1) is 6.04 Å². The van der Waals surface area contributed by atoms with Gasteiger partial charge in [-0.25, -0.2) is 0 Å². The molecule has 0 saturated carbocycles. The van der Waals surface area contributed by atoms with Crippen LogP contribution in [0.3, 0.4) is 0 Å². The normalized spacial score (nSPS) is 14.3. The molecule has 0 aliphatic heterocycles. The molecule has 0 radical (unpaired) electrons. The van der Waals surface area contributed by atoms with Crippen molar-refractivity contribution in [3.8, 4) is 0 Å². The summed E-state index contributed by atoms with van der Waals surface area (Å²) in [6.45, 7) is 7.37. The molecule has 3 nitrogen and oxygen atoms in total. The molecule has 3 heteroatoms. The van der Waals surface area contributed by atoms with Gasteiger partial charge in [-0.05, 0) is 36.4 Å². The molecule has 0 bridgehead atoms. The van der Waals surface area contributed by atoms with E-state index < -0.39 is 0 Å². The standard InChI is InChI=1S/C16H22N2O/c1-4-14-6-7-15(19-14)16(18-5-2)12(3)13-8-10-17-11-9-13/h6-12,16,18H,4-5H2,1-3H3. The lowest BCUT2D eigenvalue weighted by atomic mass is 9.92. The van der Waals surface area contributed by atoms with Gasteiger partial charge in [0.1, 0.15) is 11.5 Å². The minimum absolute atomic E-state index is 0.202. The first-order valence-corrected chi connectivity index (χ1v) is 6.98. The summed E-state index contributed by atoms with van der Waals surface area (Å²) in [4.78, 5) is 4.08. The fourth-order valence-corrected chi connectivity index (χ4v) is 2.35. The number of hydrogen-bond acceptors (Lipinski definition) is 3. The Kier molecular flexibility index (Phi) is 4.74. The third kappa shape index (κ3) is 3.24. The molecule has 1 N–H and O–H groups in total. The first-order valence-electron chi connectivity index (χ1n) is 6.98. The zero-order chi connectivity index (χ0) is 13.7. The maximum absolute atomic E-state index is 5.91. The molecule has 2 heterocycles. The SMILES string of the molecule is CCNC(c1ccc(CC)o1)C(C)c1ccncc1. The lowest BCUT2D eigenvalue weighted by Gasteiger charge is -2.23. The molecule has 2 aromatic heterocycles. The Morgan fingerprint density at radius 2 is 1.89 bits per heavy atom. The number of rotatable bonds is 6. The van der Waals surface area contributed by atoms with Crippen molar-refractivity contribution in [2.45, 2.75) is 39.2 Å². The number of aryl methyl sites for hydroxylation is 1. The highest BCUT2D eigenvalue weighted by atomic mass is 16.3. The van der Waals surface area contributed by atoms with E-state index in [-0.39, 0.29) is 6.04 Å². The summed E-state index contributed by atoms with van der Waals surface area (Å²) in [6, 6.07) is 8.49. The molecule has 2 aromatic rings. The zero-order valence-corrected chi connectivity index (χ0v) is 11.9. The van der Waals surface area contributed by atoms with Gasteiger partial charge in [-0.1, -0.05) is 20.8 Å². The van der Waals surface area contributed by atoms with Crippen LogP contribution in [0.5, 0.6) is 0 Å². The second-order valence-electron chi connectivity index (χ2n) is 4.76. The van der Waals surface area contributed by atoms with Gasteiger partial charge in [0.15, 0.2) is 0 Å². The largest absolute Gasteiger partial charge is 0.464 e. The lowest BCUT2D eigenvalue weighted by Crippen LogP contribution is -2.25. The summed E-state index contributed by atoms with van der Waals surface area (Å²) in [5, 5.41) is 3.52. The summed E-state index contributed by atoms with van der Waals surface area (Å²) in [7, 11) is 0. The average molecular weight is 258 g/mol. The summed E-state index contributed by atoms with van der Waals surface area (Å²) in [5.41, 5.74) is 1.27. The van der Waals surface area contributed by atoms with Gasteiger partial charge in [0.2, 0.25) is 0 Å². The smallest absolute Gasteiger partial charge is 0.121 e. The fourth-order valence-electron chi connectivity index (χ4n) is 2.35. The third-order valence-electron chi connectivity index (χ3n) is 3.49. The number of pyridine rings is 1. The van der Waals surface area contributed by atoms with E-state index in [2.05, 4.69) is 55.3 Å². The number of nitrogens with zero attached hydrogens (tertiary/aromatic N) is 1. The average Bonchev–Trinajstić information content (AvgIpc) is 2.93. The van der Waals surface area contributed by atoms with E-state index in [1.807, 2.05) is 12.4 Å². The van der Waals surface area contributed by atoms with Crippen molar-refractivity contribution in [1.82, 2.24) is 10.3 Å². The molecule has 0 fully saturated rings. The molecular formula is C16H22N2O. The van der Waals surface area contributed by atoms with Gasteiger partial charge in [0, 0.05) is 24.7 Å². The van der Waals surface area contributed by atoms with Gasteiger partial charge < -0.3 is 9.73 Å². The van der Waals surface area contributed by atoms with Crippen molar-refractivity contribution < 1.29 is 4.42 Å². The highest BCUT2D eigenvalue weighted by molar-refractivity contribution is 5.22. The molecule has 102 valence electrons. The third-order valence-corrected chi connectivity index (χ3v) is 3.49. The first kappa shape index (κ1) is 13.8. The Morgan fingerprint density at radius 1 is 1.16 bits per heavy atom. The van der Waals surface area contributed by atoms with Gasteiger partial charge in [0.25, 0.3) is 0 Å². The molecule has 0 aliphatic rings. The summed E-state index contributed by atoms with van der Waals surface area (Å²) in [5.74, 6) is 2.40. The van der Waals surface area contributed by atoms with Gasteiger partial charge in [-0.15, -0.1) is 0 Å². The second-order valence-corrected chi connectivity index (χ2v) is 4.76. The van der Waals surface area contributed by atoms with E-state index in [0.29, 0.717) is 5.92 Å². The Morgan fingerprint density at radius 3 is 2.47 bits per heavy atom. The van der Waals surface area contributed by atoms with E-state index in [1.165, 1.54) is 5.56 Å². The van der Waals surface area contributed by atoms with E-state index in [1.54, 1.807) is 0 Å². The first-order chi connectivity index (χ1) is 9.26. The monoisotopic (exact) mass is 258 g/mol. The number of likely N-dealkylation sites (N-methyl/N-ethyl adjacent to an activating group) is 1. The molecule has 0 saturated heterocycles. The molecule has 0 aliphatic carbocycles. The van der Waals surface area contributed by atoms with E-state index in [0.717, 1.165) is 24.5 Å². The van der Waals surface area contributed by atoms with Crippen LogP contribution in [0.1, 0.15) is 49.8 Å². The van der Waals surface area contributed by atoms with E-state index >= 15 is 0 Å².